The van der Waals surface area contributed by atoms with E-state index in [1.54, 1.807) is 0 Å². The van der Waals surface area contributed by atoms with Crippen LogP contribution in [-0.4, -0.2) is 34.1 Å². The summed E-state index contributed by atoms with van der Waals surface area (Å²) in [6.07, 6.45) is 6.49. The van der Waals surface area contributed by atoms with Crippen molar-refractivity contribution in [1.82, 2.24) is 20.4 Å². The van der Waals surface area contributed by atoms with Crippen molar-refractivity contribution in [2.24, 2.45) is 11.7 Å². The first kappa shape index (κ1) is 18.5. The molecule has 2 heterocycles. The molecule has 140 valence electrons. The Bertz CT molecular complexity index is 750. The van der Waals surface area contributed by atoms with Crippen molar-refractivity contribution in [2.45, 2.75) is 51.9 Å². The molecular weight excluding hydrogens is 330 g/mol. The van der Waals surface area contributed by atoms with Crippen LogP contribution in [0.4, 0.5) is 0 Å². The fourth-order valence-corrected chi connectivity index (χ4v) is 3.60. The molecule has 3 N–H and O–H groups in total. The largest absolute Gasteiger partial charge is 0.356 e. The van der Waals surface area contributed by atoms with Crippen molar-refractivity contribution < 1.29 is 9.32 Å². The first-order valence-corrected chi connectivity index (χ1v) is 9.30. The molecule has 0 saturated heterocycles. The van der Waals surface area contributed by atoms with Gasteiger partial charge in [0, 0.05) is 37.7 Å². The lowest BCUT2D eigenvalue weighted by Crippen LogP contribution is -2.32. The number of nitrogens with zero attached hydrogens (tertiary/aromatic N) is 3. The van der Waals surface area contributed by atoms with Gasteiger partial charge in [-0.15, -0.1) is 0 Å². The maximum Gasteiger partial charge on any atom is 0.221 e. The molecular formula is C19H27N5O2. The molecule has 2 aromatic rings. The number of aromatic nitrogens is 3. The van der Waals surface area contributed by atoms with Crippen molar-refractivity contribution in [1.29, 1.82) is 0 Å². The van der Waals surface area contributed by atoms with Crippen LogP contribution in [0.2, 0.25) is 0 Å². The summed E-state index contributed by atoms with van der Waals surface area (Å²) >= 11 is 0. The minimum atomic E-state index is 0.0454. The zero-order valence-electron chi connectivity index (χ0n) is 15.5. The van der Waals surface area contributed by atoms with E-state index in [1.807, 2.05) is 26.1 Å². The molecule has 1 saturated carbocycles. The first-order chi connectivity index (χ1) is 12.6. The summed E-state index contributed by atoms with van der Waals surface area (Å²) in [5.74, 6) is 2.45. The molecule has 0 spiro atoms. The van der Waals surface area contributed by atoms with Gasteiger partial charge in [-0.2, -0.15) is 0 Å². The van der Waals surface area contributed by atoms with Gasteiger partial charge in [0.25, 0.3) is 0 Å². The fourth-order valence-electron chi connectivity index (χ4n) is 3.60. The Morgan fingerprint density at radius 2 is 2.08 bits per heavy atom. The number of nitrogens with one attached hydrogen (secondary N) is 1. The number of carbonyl (C=O) groups excluding carboxylic acids is 1. The molecule has 0 aromatic carbocycles. The molecule has 1 amide bonds. The molecule has 0 radical (unpaired) electrons. The molecule has 0 atom stereocenters. The van der Waals surface area contributed by atoms with E-state index in [0.29, 0.717) is 24.8 Å². The van der Waals surface area contributed by atoms with E-state index in [9.17, 15) is 4.79 Å². The van der Waals surface area contributed by atoms with Crippen LogP contribution in [0.15, 0.2) is 16.8 Å². The van der Waals surface area contributed by atoms with Crippen LogP contribution in [0.25, 0.3) is 11.3 Å². The topological polar surface area (TPSA) is 107 Å². The molecule has 26 heavy (non-hydrogen) atoms. The zero-order valence-corrected chi connectivity index (χ0v) is 15.5. The van der Waals surface area contributed by atoms with Crippen LogP contribution in [-0.2, 0) is 4.79 Å². The van der Waals surface area contributed by atoms with Crippen LogP contribution in [0.3, 0.4) is 0 Å². The van der Waals surface area contributed by atoms with Crippen LogP contribution >= 0.6 is 0 Å². The summed E-state index contributed by atoms with van der Waals surface area (Å²) in [6.45, 7) is 4.96. The van der Waals surface area contributed by atoms with E-state index in [0.717, 1.165) is 60.8 Å². The SMILES string of the molecule is Cc1cc(-c2cnc(C)nc2C2CCC(CNC(=O)CCN)CC2)on1. The van der Waals surface area contributed by atoms with E-state index in [4.69, 9.17) is 15.2 Å². The number of amides is 1. The fraction of sp³-hybridized carbons (Fsp3) is 0.579. The molecule has 2 aromatic heterocycles. The third-order valence-corrected chi connectivity index (χ3v) is 5.02. The van der Waals surface area contributed by atoms with E-state index in [-0.39, 0.29) is 5.91 Å². The average Bonchev–Trinajstić information content (AvgIpc) is 3.07. The van der Waals surface area contributed by atoms with E-state index < -0.39 is 0 Å². The minimum absolute atomic E-state index is 0.0454. The van der Waals surface area contributed by atoms with Crippen molar-refractivity contribution in [3.8, 4) is 11.3 Å². The lowest BCUT2D eigenvalue weighted by molar-refractivity contribution is -0.121. The van der Waals surface area contributed by atoms with Gasteiger partial charge in [0.2, 0.25) is 5.91 Å². The highest BCUT2D eigenvalue weighted by Crippen LogP contribution is 2.38. The number of hydrogen-bond acceptors (Lipinski definition) is 6. The van der Waals surface area contributed by atoms with E-state index >= 15 is 0 Å². The van der Waals surface area contributed by atoms with E-state index in [1.165, 1.54) is 0 Å². The predicted molar refractivity (Wildman–Crippen MR) is 98.4 cm³/mol. The minimum Gasteiger partial charge on any atom is -0.356 e. The molecule has 0 aliphatic heterocycles. The Hall–Kier alpha value is -2.28. The van der Waals surface area contributed by atoms with Gasteiger partial charge in [-0.05, 0) is 45.4 Å². The van der Waals surface area contributed by atoms with Gasteiger partial charge < -0.3 is 15.6 Å². The number of nitrogens with two attached hydrogens (primary N) is 1. The monoisotopic (exact) mass is 357 g/mol. The summed E-state index contributed by atoms with van der Waals surface area (Å²) in [5, 5.41) is 6.98. The van der Waals surface area contributed by atoms with Gasteiger partial charge >= 0.3 is 0 Å². The smallest absolute Gasteiger partial charge is 0.221 e. The van der Waals surface area contributed by atoms with Gasteiger partial charge in [0.15, 0.2) is 5.76 Å². The Balaban J connectivity index is 1.66. The molecule has 7 nitrogen and oxygen atoms in total. The van der Waals surface area contributed by atoms with Crippen LogP contribution < -0.4 is 11.1 Å². The highest BCUT2D eigenvalue weighted by Gasteiger charge is 2.27. The van der Waals surface area contributed by atoms with Crippen molar-refractivity contribution in [3.05, 3.63) is 29.5 Å². The highest BCUT2D eigenvalue weighted by atomic mass is 16.5. The summed E-state index contributed by atoms with van der Waals surface area (Å²) in [5.41, 5.74) is 8.26. The molecule has 1 fully saturated rings. The number of carbonyl (C=O) groups is 1. The van der Waals surface area contributed by atoms with Crippen molar-refractivity contribution >= 4 is 5.91 Å². The van der Waals surface area contributed by atoms with Crippen molar-refractivity contribution in [3.63, 3.8) is 0 Å². The highest BCUT2D eigenvalue weighted by molar-refractivity contribution is 5.76. The molecule has 1 aliphatic carbocycles. The van der Waals surface area contributed by atoms with Gasteiger partial charge in [-0.25, -0.2) is 9.97 Å². The predicted octanol–water partition coefficient (Wildman–Crippen LogP) is 2.49. The Labute approximate surface area is 153 Å². The lowest BCUT2D eigenvalue weighted by Gasteiger charge is -2.29. The normalized spacial score (nSPS) is 20.1. The van der Waals surface area contributed by atoms with Gasteiger partial charge in [-0.3, -0.25) is 4.79 Å². The Kier molecular flexibility index (Phi) is 5.98. The van der Waals surface area contributed by atoms with Crippen LogP contribution in [0.1, 0.15) is 55.2 Å². The quantitative estimate of drug-likeness (QED) is 0.822. The van der Waals surface area contributed by atoms with Gasteiger partial charge in [0.1, 0.15) is 5.82 Å². The standard InChI is InChI=1S/C19H27N5O2/c1-12-9-17(26-24-12)16-11-21-13(2)23-19(16)15-5-3-14(4-6-15)10-22-18(25)7-8-20/h9,11,14-15H,3-8,10,20H2,1-2H3,(H,22,25). The zero-order chi connectivity index (χ0) is 18.5. The number of aryl methyl sites for hydroxylation is 2. The number of rotatable bonds is 6. The first-order valence-electron chi connectivity index (χ1n) is 9.30. The second-order valence-electron chi connectivity index (χ2n) is 7.11. The third kappa shape index (κ3) is 4.46. The summed E-state index contributed by atoms with van der Waals surface area (Å²) < 4.78 is 5.44. The van der Waals surface area contributed by atoms with Crippen molar-refractivity contribution in [2.75, 3.05) is 13.1 Å². The van der Waals surface area contributed by atoms with Crippen LogP contribution in [0, 0.1) is 19.8 Å². The molecule has 0 unspecified atom stereocenters. The lowest BCUT2D eigenvalue weighted by atomic mass is 9.79. The summed E-state index contributed by atoms with van der Waals surface area (Å²) in [4.78, 5) is 20.7. The van der Waals surface area contributed by atoms with Crippen LogP contribution in [0.5, 0.6) is 0 Å². The maximum atomic E-state index is 11.6. The average molecular weight is 357 g/mol. The second-order valence-corrected chi connectivity index (χ2v) is 7.11. The molecule has 7 heteroatoms. The summed E-state index contributed by atoms with van der Waals surface area (Å²) in [7, 11) is 0. The second kappa shape index (κ2) is 8.40. The third-order valence-electron chi connectivity index (χ3n) is 5.02. The maximum absolute atomic E-state index is 11.6. The molecule has 3 rings (SSSR count). The Morgan fingerprint density at radius 3 is 2.73 bits per heavy atom. The van der Waals surface area contributed by atoms with Gasteiger partial charge in [0.05, 0.1) is 17.0 Å². The van der Waals surface area contributed by atoms with E-state index in [2.05, 4.69) is 15.5 Å². The number of hydrogen-bond donors (Lipinski definition) is 2. The van der Waals surface area contributed by atoms with Gasteiger partial charge in [-0.1, -0.05) is 5.16 Å². The molecule has 0 bridgehead atoms. The summed E-state index contributed by atoms with van der Waals surface area (Å²) in [6, 6.07) is 1.93. The molecule has 1 aliphatic rings. The Morgan fingerprint density at radius 1 is 1.31 bits per heavy atom.